The zero-order chi connectivity index (χ0) is 19.5. The molecule has 2 atom stereocenters. The Bertz CT molecular complexity index is 724. The number of rotatable bonds is 8. The van der Waals surface area contributed by atoms with Gasteiger partial charge in [-0.1, -0.05) is 0 Å². The summed E-state index contributed by atoms with van der Waals surface area (Å²) >= 11 is 0. The highest BCUT2D eigenvalue weighted by Crippen LogP contribution is 2.48. The van der Waals surface area contributed by atoms with Gasteiger partial charge in [0.25, 0.3) is 0 Å². The number of hydrogen-bond donors (Lipinski definition) is 3. The first-order valence-electron chi connectivity index (χ1n) is 6.63. The number of benzene rings is 1. The fraction of sp³-hybridized carbons (Fsp3) is 0.385. The summed E-state index contributed by atoms with van der Waals surface area (Å²) in [4.78, 5) is 31.1. The number of halogens is 5. The van der Waals surface area contributed by atoms with E-state index in [1.165, 1.54) is 0 Å². The van der Waals surface area contributed by atoms with E-state index in [1.807, 2.05) is 0 Å². The normalized spacial score (nSPS) is 14.8. The summed E-state index contributed by atoms with van der Waals surface area (Å²) in [5.41, 5.74) is -1.54. The van der Waals surface area contributed by atoms with Crippen LogP contribution in [0.3, 0.4) is 0 Å². The summed E-state index contributed by atoms with van der Waals surface area (Å²) in [7, 11) is -4.70. The highest BCUT2D eigenvalue weighted by Gasteiger charge is 2.34. The van der Waals surface area contributed by atoms with E-state index in [0.29, 0.717) is 0 Å². The van der Waals surface area contributed by atoms with Crippen molar-refractivity contribution in [3.63, 3.8) is 0 Å². The van der Waals surface area contributed by atoms with Crippen molar-refractivity contribution in [1.29, 1.82) is 0 Å². The van der Waals surface area contributed by atoms with Crippen molar-refractivity contribution in [3.05, 3.63) is 34.6 Å². The molecule has 0 aliphatic rings. The van der Waals surface area contributed by atoms with E-state index in [4.69, 9.17) is 10.2 Å². The van der Waals surface area contributed by atoms with Crippen LogP contribution in [0.5, 0.6) is 0 Å². The summed E-state index contributed by atoms with van der Waals surface area (Å²) in [5, 5.41) is 17.4. The maximum Gasteiger partial charge on any atom is 0.307 e. The molecule has 12 heteroatoms. The maximum absolute atomic E-state index is 13.5. The maximum atomic E-state index is 13.5. The molecule has 25 heavy (non-hydrogen) atoms. The first kappa shape index (κ1) is 21.0. The second kappa shape index (κ2) is 7.92. The van der Waals surface area contributed by atoms with Gasteiger partial charge in [-0.15, -0.1) is 0 Å². The van der Waals surface area contributed by atoms with Gasteiger partial charge in [0, 0.05) is 18.1 Å². The predicted molar refractivity (Wildman–Crippen MR) is 72.6 cm³/mol. The van der Waals surface area contributed by atoms with Crippen LogP contribution in [-0.4, -0.2) is 33.2 Å². The lowest BCUT2D eigenvalue weighted by Crippen LogP contribution is -2.20. The van der Waals surface area contributed by atoms with Crippen LogP contribution in [0.15, 0.2) is 0 Å². The van der Waals surface area contributed by atoms with E-state index in [9.17, 15) is 41.0 Å². The predicted octanol–water partition coefficient (Wildman–Crippen LogP) is 2.72. The van der Waals surface area contributed by atoms with E-state index < -0.39 is 85.0 Å². The lowest BCUT2D eigenvalue weighted by Gasteiger charge is -2.18. The van der Waals surface area contributed by atoms with Crippen LogP contribution in [0.2, 0.25) is 0 Å². The Morgan fingerprint density at radius 1 is 0.920 bits per heavy atom. The molecule has 0 heterocycles. The highest BCUT2D eigenvalue weighted by atomic mass is 31.2. The fourth-order valence-corrected chi connectivity index (χ4v) is 3.96. The van der Waals surface area contributed by atoms with Crippen LogP contribution in [-0.2, 0) is 20.3 Å². The molecular formula is C13H12F5O6P. The molecule has 0 saturated heterocycles. The third-order valence-corrected chi connectivity index (χ3v) is 5.09. The fourth-order valence-electron chi connectivity index (χ4n) is 2.04. The minimum absolute atomic E-state index is 0.549. The number of aliphatic carboxylic acids is 2. The van der Waals surface area contributed by atoms with Crippen molar-refractivity contribution < 1.29 is 51.2 Å². The average molecular weight is 390 g/mol. The van der Waals surface area contributed by atoms with Crippen molar-refractivity contribution in [1.82, 2.24) is 0 Å². The molecule has 0 saturated carbocycles. The lowest BCUT2D eigenvalue weighted by molar-refractivity contribution is -0.142. The summed E-state index contributed by atoms with van der Waals surface area (Å²) in [6.45, 7) is 0. The molecule has 1 unspecified atom stereocenters. The molecule has 1 rings (SSSR count). The van der Waals surface area contributed by atoms with Gasteiger partial charge in [-0.3, -0.25) is 14.2 Å². The van der Waals surface area contributed by atoms with E-state index >= 15 is 0 Å². The van der Waals surface area contributed by atoms with Gasteiger partial charge in [0.05, 0.1) is 12.1 Å². The molecule has 0 aliphatic heterocycles. The van der Waals surface area contributed by atoms with Gasteiger partial charge in [-0.25, -0.2) is 22.0 Å². The van der Waals surface area contributed by atoms with Crippen molar-refractivity contribution in [3.8, 4) is 0 Å². The molecule has 0 aliphatic carbocycles. The number of carboxylic acid groups (broad SMARTS) is 2. The van der Waals surface area contributed by atoms with Gasteiger partial charge in [0.1, 0.15) is 0 Å². The molecule has 1 aromatic carbocycles. The highest BCUT2D eigenvalue weighted by molar-refractivity contribution is 7.57. The Kier molecular flexibility index (Phi) is 6.67. The Hall–Kier alpha value is -2.00. The molecular weight excluding hydrogens is 378 g/mol. The number of hydrogen-bond acceptors (Lipinski definition) is 3. The summed E-state index contributed by atoms with van der Waals surface area (Å²) in [5.74, 6) is -16.3. The van der Waals surface area contributed by atoms with Gasteiger partial charge in [0.15, 0.2) is 23.3 Å². The SMILES string of the molecule is O=C(O)CC[C@H](CP(=O)(O)Cc1c(F)c(F)c(F)c(F)c1F)C(=O)O. The number of carboxylic acids is 2. The van der Waals surface area contributed by atoms with Crippen LogP contribution in [0.4, 0.5) is 22.0 Å². The standard InChI is InChI=1S/C13H12F5O6P/c14-8-6(9(15)11(17)12(18)10(8)16)4-25(23,24)3-5(13(21)22)1-2-7(19)20/h5H,1-4H2,(H,19,20)(H,21,22)(H,23,24)/t5-/m1/s1. The van der Waals surface area contributed by atoms with E-state index in [0.717, 1.165) is 0 Å². The van der Waals surface area contributed by atoms with Gasteiger partial charge < -0.3 is 15.1 Å². The van der Waals surface area contributed by atoms with Crippen LogP contribution in [0, 0.1) is 35.0 Å². The second-order valence-electron chi connectivity index (χ2n) is 5.20. The molecule has 0 fully saturated rings. The van der Waals surface area contributed by atoms with E-state index in [1.54, 1.807) is 0 Å². The van der Waals surface area contributed by atoms with Crippen LogP contribution >= 0.6 is 7.37 Å². The largest absolute Gasteiger partial charge is 0.481 e. The summed E-state index contributed by atoms with van der Waals surface area (Å²) in [6.07, 6.45) is -3.78. The van der Waals surface area contributed by atoms with Gasteiger partial charge >= 0.3 is 11.9 Å². The first-order valence-corrected chi connectivity index (χ1v) is 8.66. The quantitative estimate of drug-likeness (QED) is 0.272. The number of carbonyl (C=O) groups is 2. The molecule has 0 spiro atoms. The Morgan fingerprint density at radius 2 is 1.36 bits per heavy atom. The third-order valence-electron chi connectivity index (χ3n) is 3.27. The third kappa shape index (κ3) is 5.23. The molecule has 6 nitrogen and oxygen atoms in total. The lowest BCUT2D eigenvalue weighted by atomic mass is 10.1. The van der Waals surface area contributed by atoms with Crippen molar-refractivity contribution in [2.24, 2.45) is 5.92 Å². The Morgan fingerprint density at radius 3 is 1.76 bits per heavy atom. The van der Waals surface area contributed by atoms with Crippen LogP contribution < -0.4 is 0 Å². The van der Waals surface area contributed by atoms with E-state index in [2.05, 4.69) is 0 Å². The van der Waals surface area contributed by atoms with Crippen molar-refractivity contribution >= 4 is 19.3 Å². The van der Waals surface area contributed by atoms with Crippen LogP contribution in [0.25, 0.3) is 0 Å². The van der Waals surface area contributed by atoms with E-state index in [-0.39, 0.29) is 0 Å². The second-order valence-corrected chi connectivity index (χ2v) is 7.58. The van der Waals surface area contributed by atoms with Crippen LogP contribution in [0.1, 0.15) is 18.4 Å². The Balaban J connectivity index is 3.10. The Labute approximate surface area is 137 Å². The minimum Gasteiger partial charge on any atom is -0.481 e. The monoisotopic (exact) mass is 390 g/mol. The first-order chi connectivity index (χ1) is 11.4. The molecule has 3 N–H and O–H groups in total. The summed E-state index contributed by atoms with van der Waals surface area (Å²) < 4.78 is 78.2. The summed E-state index contributed by atoms with van der Waals surface area (Å²) in [6, 6.07) is 0. The molecule has 0 amide bonds. The smallest absolute Gasteiger partial charge is 0.307 e. The molecule has 140 valence electrons. The molecule has 0 aromatic heterocycles. The zero-order valence-electron chi connectivity index (χ0n) is 12.3. The molecule has 0 bridgehead atoms. The molecule has 0 radical (unpaired) electrons. The zero-order valence-corrected chi connectivity index (χ0v) is 13.2. The van der Waals surface area contributed by atoms with Crippen molar-refractivity contribution in [2.45, 2.75) is 19.0 Å². The van der Waals surface area contributed by atoms with Gasteiger partial charge in [0.2, 0.25) is 13.2 Å². The topological polar surface area (TPSA) is 112 Å². The average Bonchev–Trinajstić information content (AvgIpc) is 2.51. The van der Waals surface area contributed by atoms with Gasteiger partial charge in [-0.05, 0) is 6.42 Å². The van der Waals surface area contributed by atoms with Gasteiger partial charge in [-0.2, -0.15) is 0 Å². The van der Waals surface area contributed by atoms with Crippen molar-refractivity contribution in [2.75, 3.05) is 6.16 Å². The minimum atomic E-state index is -4.70. The molecule has 1 aromatic rings.